The van der Waals surface area contributed by atoms with Crippen molar-refractivity contribution in [3.63, 3.8) is 0 Å². The van der Waals surface area contributed by atoms with Crippen molar-refractivity contribution in [1.29, 1.82) is 0 Å². The molecular weight excluding hydrogens is 334 g/mol. The quantitative estimate of drug-likeness (QED) is 0.808. The summed E-state index contributed by atoms with van der Waals surface area (Å²) < 4.78 is 0. The van der Waals surface area contributed by atoms with Crippen molar-refractivity contribution in [2.75, 3.05) is 17.2 Å². The molecule has 1 aliphatic rings. The van der Waals surface area contributed by atoms with E-state index in [2.05, 4.69) is 17.2 Å². The molecule has 3 rings (SSSR count). The van der Waals surface area contributed by atoms with E-state index in [4.69, 9.17) is 0 Å². The Labute approximate surface area is 151 Å². The zero-order chi connectivity index (χ0) is 17.6. The Morgan fingerprint density at radius 1 is 1.28 bits per heavy atom. The molecule has 0 bridgehead atoms. The summed E-state index contributed by atoms with van der Waals surface area (Å²) in [6, 6.07) is 11.2. The lowest BCUT2D eigenvalue weighted by molar-refractivity contribution is -0.116. The lowest BCUT2D eigenvalue weighted by Crippen LogP contribution is -2.35. The van der Waals surface area contributed by atoms with Gasteiger partial charge in [-0.15, -0.1) is 0 Å². The number of hydrogen-bond donors (Lipinski definition) is 1. The van der Waals surface area contributed by atoms with Crippen LogP contribution in [0.15, 0.2) is 47.6 Å². The van der Waals surface area contributed by atoms with E-state index in [0.29, 0.717) is 24.4 Å². The molecule has 0 aliphatic carbocycles. The second-order valence-electron chi connectivity index (χ2n) is 5.90. The third kappa shape index (κ3) is 4.20. The van der Waals surface area contributed by atoms with Gasteiger partial charge in [0.25, 0.3) is 5.91 Å². The minimum atomic E-state index is -0.0556. The van der Waals surface area contributed by atoms with Crippen LogP contribution >= 0.6 is 11.8 Å². The maximum Gasteiger partial charge on any atom is 0.251 e. The van der Waals surface area contributed by atoms with Gasteiger partial charge in [0.05, 0.1) is 18.0 Å². The van der Waals surface area contributed by atoms with Crippen LogP contribution < -0.4 is 10.2 Å². The molecule has 0 radical (unpaired) electrons. The first-order valence-electron chi connectivity index (χ1n) is 8.44. The summed E-state index contributed by atoms with van der Waals surface area (Å²) in [5.41, 5.74) is 2.48. The Morgan fingerprint density at radius 2 is 2.08 bits per heavy atom. The Balaban J connectivity index is 1.69. The molecule has 0 atom stereocenters. The SMILES string of the molecule is CCCCNC(=O)c1ccc(CN2C(=O)CSc3ncccc32)cc1. The topological polar surface area (TPSA) is 62.3 Å². The summed E-state index contributed by atoms with van der Waals surface area (Å²) >= 11 is 1.47. The smallest absolute Gasteiger partial charge is 0.251 e. The highest BCUT2D eigenvalue weighted by Crippen LogP contribution is 2.33. The van der Waals surface area contributed by atoms with E-state index in [1.54, 1.807) is 11.1 Å². The number of unbranched alkanes of at least 4 members (excludes halogenated alkanes) is 1. The monoisotopic (exact) mass is 355 g/mol. The van der Waals surface area contributed by atoms with E-state index in [-0.39, 0.29) is 11.8 Å². The van der Waals surface area contributed by atoms with Crippen LogP contribution in [0.5, 0.6) is 0 Å². The van der Waals surface area contributed by atoms with Crippen LogP contribution in [0.4, 0.5) is 5.69 Å². The number of hydrogen-bond acceptors (Lipinski definition) is 4. The van der Waals surface area contributed by atoms with Gasteiger partial charge in [-0.3, -0.25) is 9.59 Å². The number of carbonyl (C=O) groups is 2. The number of rotatable bonds is 6. The number of amides is 2. The van der Waals surface area contributed by atoms with E-state index in [0.717, 1.165) is 29.1 Å². The molecule has 25 heavy (non-hydrogen) atoms. The van der Waals surface area contributed by atoms with E-state index in [9.17, 15) is 9.59 Å². The molecule has 2 amide bonds. The van der Waals surface area contributed by atoms with Crippen molar-refractivity contribution in [2.24, 2.45) is 0 Å². The highest BCUT2D eigenvalue weighted by atomic mass is 32.2. The summed E-state index contributed by atoms with van der Waals surface area (Å²) in [6.45, 7) is 3.27. The molecule has 0 saturated carbocycles. The number of anilines is 1. The van der Waals surface area contributed by atoms with Crippen molar-refractivity contribution in [1.82, 2.24) is 10.3 Å². The highest BCUT2D eigenvalue weighted by molar-refractivity contribution is 8.00. The Hall–Kier alpha value is -2.34. The lowest BCUT2D eigenvalue weighted by atomic mass is 10.1. The van der Waals surface area contributed by atoms with Crippen LogP contribution in [-0.4, -0.2) is 29.1 Å². The van der Waals surface area contributed by atoms with Gasteiger partial charge in [-0.1, -0.05) is 37.2 Å². The first-order chi connectivity index (χ1) is 12.2. The van der Waals surface area contributed by atoms with Crippen LogP contribution in [0.3, 0.4) is 0 Å². The summed E-state index contributed by atoms with van der Waals surface area (Å²) in [5, 5.41) is 3.79. The zero-order valence-electron chi connectivity index (χ0n) is 14.2. The van der Waals surface area contributed by atoms with Gasteiger partial charge in [-0.25, -0.2) is 4.98 Å². The Morgan fingerprint density at radius 3 is 2.84 bits per heavy atom. The van der Waals surface area contributed by atoms with E-state index < -0.39 is 0 Å². The molecule has 1 aliphatic heterocycles. The number of benzene rings is 1. The molecule has 2 heterocycles. The van der Waals surface area contributed by atoms with Crippen LogP contribution in [-0.2, 0) is 11.3 Å². The highest BCUT2D eigenvalue weighted by Gasteiger charge is 2.25. The van der Waals surface area contributed by atoms with Gasteiger partial charge in [-0.05, 0) is 36.2 Å². The minimum absolute atomic E-state index is 0.0556. The van der Waals surface area contributed by atoms with Crippen LogP contribution in [0.1, 0.15) is 35.7 Å². The first kappa shape index (κ1) is 17.5. The molecule has 5 nitrogen and oxygen atoms in total. The third-order valence-corrected chi connectivity index (χ3v) is 5.03. The molecule has 130 valence electrons. The molecule has 1 N–H and O–H groups in total. The van der Waals surface area contributed by atoms with E-state index in [1.807, 2.05) is 36.4 Å². The number of carbonyl (C=O) groups excluding carboxylic acids is 2. The minimum Gasteiger partial charge on any atom is -0.352 e. The molecule has 1 aromatic heterocycles. The molecule has 2 aromatic rings. The van der Waals surface area contributed by atoms with Gasteiger partial charge >= 0.3 is 0 Å². The summed E-state index contributed by atoms with van der Waals surface area (Å²) in [4.78, 5) is 30.4. The molecule has 1 aromatic carbocycles. The second-order valence-corrected chi connectivity index (χ2v) is 6.87. The predicted molar refractivity (Wildman–Crippen MR) is 99.8 cm³/mol. The molecule has 0 fully saturated rings. The van der Waals surface area contributed by atoms with Gasteiger partial charge in [0, 0.05) is 18.3 Å². The van der Waals surface area contributed by atoms with Gasteiger partial charge in [0.1, 0.15) is 5.03 Å². The average molecular weight is 355 g/mol. The number of fused-ring (bicyclic) bond motifs is 1. The Bertz CT molecular complexity index is 762. The van der Waals surface area contributed by atoms with Crippen molar-refractivity contribution < 1.29 is 9.59 Å². The number of aromatic nitrogens is 1. The van der Waals surface area contributed by atoms with Gasteiger partial charge < -0.3 is 10.2 Å². The summed E-state index contributed by atoms with van der Waals surface area (Å²) in [5.74, 6) is 0.425. The van der Waals surface area contributed by atoms with E-state index >= 15 is 0 Å². The molecular formula is C19H21N3O2S. The number of nitrogens with zero attached hydrogens (tertiary/aromatic N) is 2. The number of pyridine rings is 1. The summed E-state index contributed by atoms with van der Waals surface area (Å²) in [6.07, 6.45) is 3.77. The van der Waals surface area contributed by atoms with Crippen molar-refractivity contribution in [2.45, 2.75) is 31.3 Å². The fourth-order valence-corrected chi connectivity index (χ4v) is 3.52. The van der Waals surface area contributed by atoms with Crippen LogP contribution in [0.2, 0.25) is 0 Å². The standard InChI is InChI=1S/C19H21N3O2S/c1-2-3-10-20-18(24)15-8-6-14(7-9-15)12-22-16-5-4-11-21-19(16)25-13-17(22)23/h4-9,11H,2-3,10,12-13H2,1H3,(H,20,24). The molecule has 0 spiro atoms. The van der Waals surface area contributed by atoms with E-state index in [1.165, 1.54) is 11.8 Å². The first-order valence-corrected chi connectivity index (χ1v) is 9.43. The van der Waals surface area contributed by atoms with Crippen LogP contribution in [0.25, 0.3) is 0 Å². The predicted octanol–water partition coefficient (Wildman–Crippen LogP) is 3.25. The fraction of sp³-hybridized carbons (Fsp3) is 0.316. The van der Waals surface area contributed by atoms with Gasteiger partial charge in [0.2, 0.25) is 5.91 Å². The largest absolute Gasteiger partial charge is 0.352 e. The van der Waals surface area contributed by atoms with Gasteiger partial charge in [0.15, 0.2) is 0 Å². The average Bonchev–Trinajstić information content (AvgIpc) is 2.65. The fourth-order valence-electron chi connectivity index (χ4n) is 2.64. The molecule has 0 unspecified atom stereocenters. The third-order valence-electron chi connectivity index (χ3n) is 4.05. The lowest BCUT2D eigenvalue weighted by Gasteiger charge is -2.28. The van der Waals surface area contributed by atoms with Gasteiger partial charge in [-0.2, -0.15) is 0 Å². The Kier molecular flexibility index (Phi) is 5.71. The second kappa shape index (κ2) is 8.16. The molecule has 0 saturated heterocycles. The normalized spacial score (nSPS) is 13.5. The molecule has 6 heteroatoms. The number of thioether (sulfide) groups is 1. The van der Waals surface area contributed by atoms with Crippen LogP contribution in [0, 0.1) is 0 Å². The maximum atomic E-state index is 12.3. The maximum absolute atomic E-state index is 12.3. The number of nitrogens with one attached hydrogen (secondary N) is 1. The van der Waals surface area contributed by atoms with Crippen molar-refractivity contribution >= 4 is 29.3 Å². The summed E-state index contributed by atoms with van der Waals surface area (Å²) in [7, 11) is 0. The van der Waals surface area contributed by atoms with Crippen molar-refractivity contribution in [3.05, 3.63) is 53.7 Å². The van der Waals surface area contributed by atoms with Crippen molar-refractivity contribution in [3.8, 4) is 0 Å². The zero-order valence-corrected chi connectivity index (χ0v) is 15.0.